The second-order valence-electron chi connectivity index (χ2n) is 2.39. The van der Waals surface area contributed by atoms with Crippen molar-refractivity contribution in [3.05, 3.63) is 0 Å². The largest absolute Gasteiger partial charge is 0.748 e. The molecule has 0 unspecified atom stereocenters. The summed E-state index contributed by atoms with van der Waals surface area (Å²) in [6.45, 7) is 0.248. The van der Waals surface area contributed by atoms with Crippen molar-refractivity contribution in [1.29, 1.82) is 0 Å². The molecule has 15 heavy (non-hydrogen) atoms. The van der Waals surface area contributed by atoms with Crippen LogP contribution >= 0.6 is 12.2 Å². The number of rotatable bonds is 6. The monoisotopic (exact) mass is 251 g/mol. The van der Waals surface area contributed by atoms with E-state index >= 15 is 0 Å². The maximum absolute atomic E-state index is 10.2. The van der Waals surface area contributed by atoms with Crippen molar-refractivity contribution in [2.45, 2.75) is 0 Å². The lowest BCUT2D eigenvalue weighted by Crippen LogP contribution is -2.38. The van der Waals surface area contributed by atoms with Crippen LogP contribution in [0.3, 0.4) is 0 Å². The van der Waals surface area contributed by atoms with E-state index in [1.165, 1.54) is 0 Å². The van der Waals surface area contributed by atoms with Crippen molar-refractivity contribution in [1.82, 2.24) is 10.6 Å². The lowest BCUT2D eigenvalue weighted by molar-refractivity contribution is 0.161. The molecular formula is C7H11N2O4S2-. The van der Waals surface area contributed by atoms with Gasteiger partial charge in [0.1, 0.15) is 13.3 Å². The zero-order chi connectivity index (χ0) is 11.7. The fraction of sp³-hybridized carbons (Fsp3) is 0.571. The van der Waals surface area contributed by atoms with Crippen molar-refractivity contribution < 1.29 is 17.7 Å². The molecule has 8 heteroatoms. The fourth-order valence-corrected chi connectivity index (χ4v) is 1.09. The third kappa shape index (κ3) is 11.0. The van der Waals surface area contributed by atoms with Gasteiger partial charge in [0.2, 0.25) is 0 Å². The van der Waals surface area contributed by atoms with Crippen LogP contribution in [0.5, 0.6) is 0 Å². The average molecular weight is 251 g/mol. The first-order valence-corrected chi connectivity index (χ1v) is 5.91. The molecule has 0 aromatic carbocycles. The number of terminal acetylenes is 1. The SMILES string of the molecule is C#CCOCNC(=S)NCCS(=O)(=O)[O-]. The zero-order valence-electron chi connectivity index (χ0n) is 7.86. The lowest BCUT2D eigenvalue weighted by Gasteiger charge is -2.11. The van der Waals surface area contributed by atoms with Crippen LogP contribution in [0.15, 0.2) is 0 Å². The molecule has 0 amide bonds. The highest BCUT2D eigenvalue weighted by atomic mass is 32.2. The highest BCUT2D eigenvalue weighted by Crippen LogP contribution is 1.78. The Morgan fingerprint density at radius 1 is 1.53 bits per heavy atom. The van der Waals surface area contributed by atoms with Crippen LogP contribution in [0.2, 0.25) is 0 Å². The van der Waals surface area contributed by atoms with Crippen LogP contribution in [-0.4, -0.2) is 43.7 Å². The summed E-state index contributed by atoms with van der Waals surface area (Å²) in [4.78, 5) is 0. The van der Waals surface area contributed by atoms with Crippen LogP contribution in [0, 0.1) is 12.3 Å². The Hall–Kier alpha value is -0.880. The van der Waals surface area contributed by atoms with Gasteiger partial charge in [-0.3, -0.25) is 0 Å². The first kappa shape index (κ1) is 14.1. The topological polar surface area (TPSA) is 90.5 Å². The van der Waals surface area contributed by atoms with Crippen molar-refractivity contribution >= 4 is 27.4 Å². The van der Waals surface area contributed by atoms with Gasteiger partial charge in [0.05, 0.1) is 15.9 Å². The normalized spacial score (nSPS) is 10.4. The Labute approximate surface area is 94.1 Å². The van der Waals surface area contributed by atoms with E-state index in [0.29, 0.717) is 0 Å². The summed E-state index contributed by atoms with van der Waals surface area (Å²) in [5, 5.41) is 5.34. The van der Waals surface area contributed by atoms with E-state index in [4.69, 9.17) is 23.4 Å². The Kier molecular flexibility index (Phi) is 6.98. The summed E-state index contributed by atoms with van der Waals surface area (Å²) in [5.41, 5.74) is 0. The molecule has 0 aromatic rings. The number of nitrogens with one attached hydrogen (secondary N) is 2. The maximum Gasteiger partial charge on any atom is 0.168 e. The molecule has 0 aliphatic rings. The molecule has 0 aliphatic carbocycles. The molecule has 0 saturated heterocycles. The van der Waals surface area contributed by atoms with Gasteiger partial charge in [0, 0.05) is 6.54 Å². The van der Waals surface area contributed by atoms with E-state index in [1.54, 1.807) is 0 Å². The number of hydrogen-bond acceptors (Lipinski definition) is 5. The molecule has 0 fully saturated rings. The van der Waals surface area contributed by atoms with Crippen LogP contribution in [0.1, 0.15) is 0 Å². The predicted octanol–water partition coefficient (Wildman–Crippen LogP) is -1.40. The van der Waals surface area contributed by atoms with Crippen molar-refractivity contribution in [2.75, 3.05) is 25.6 Å². The van der Waals surface area contributed by atoms with E-state index in [0.717, 1.165) is 0 Å². The Morgan fingerprint density at radius 2 is 2.20 bits per heavy atom. The van der Waals surface area contributed by atoms with Crippen LogP contribution in [0.4, 0.5) is 0 Å². The molecule has 2 N–H and O–H groups in total. The minimum Gasteiger partial charge on any atom is -0.748 e. The lowest BCUT2D eigenvalue weighted by atomic mass is 10.7. The predicted molar refractivity (Wildman–Crippen MR) is 58.0 cm³/mol. The van der Waals surface area contributed by atoms with E-state index in [-0.39, 0.29) is 25.0 Å². The third-order valence-corrected chi connectivity index (χ3v) is 2.15. The molecule has 0 aliphatic heterocycles. The van der Waals surface area contributed by atoms with Crippen LogP contribution in [-0.2, 0) is 14.9 Å². The molecule has 0 spiro atoms. The highest BCUT2D eigenvalue weighted by molar-refractivity contribution is 7.85. The maximum atomic E-state index is 10.2. The van der Waals surface area contributed by atoms with Crippen molar-refractivity contribution in [3.63, 3.8) is 0 Å². The number of thiocarbonyl (C=S) groups is 1. The first-order chi connectivity index (χ1) is 6.95. The minimum absolute atomic E-state index is 0.0349. The fourth-order valence-electron chi connectivity index (χ4n) is 0.579. The minimum atomic E-state index is -4.21. The van der Waals surface area contributed by atoms with Gasteiger partial charge >= 0.3 is 0 Å². The molecule has 6 nitrogen and oxygen atoms in total. The first-order valence-electron chi connectivity index (χ1n) is 3.92. The molecule has 86 valence electrons. The van der Waals surface area contributed by atoms with E-state index in [1.807, 2.05) is 0 Å². The van der Waals surface area contributed by atoms with Crippen molar-refractivity contribution in [3.8, 4) is 12.3 Å². The van der Waals surface area contributed by atoms with Gasteiger partial charge in [-0.1, -0.05) is 5.92 Å². The third-order valence-electron chi connectivity index (χ3n) is 1.16. The molecule has 0 saturated carbocycles. The molecule has 0 aromatic heterocycles. The molecule has 0 rings (SSSR count). The van der Waals surface area contributed by atoms with Gasteiger partial charge in [-0.2, -0.15) is 0 Å². The van der Waals surface area contributed by atoms with Gasteiger partial charge in [-0.25, -0.2) is 8.42 Å². The number of hydrogen-bond donors (Lipinski definition) is 2. The highest BCUT2D eigenvalue weighted by Gasteiger charge is 1.97. The van der Waals surface area contributed by atoms with E-state index in [9.17, 15) is 13.0 Å². The summed E-state index contributed by atoms with van der Waals surface area (Å²) in [5.74, 6) is 1.74. The molecule has 0 bridgehead atoms. The summed E-state index contributed by atoms with van der Waals surface area (Å²) in [7, 11) is -4.21. The summed E-state index contributed by atoms with van der Waals surface area (Å²) in [6.07, 6.45) is 4.92. The van der Waals surface area contributed by atoms with Gasteiger partial charge in [-0.05, 0) is 12.2 Å². The molecule has 0 heterocycles. The second-order valence-corrected chi connectivity index (χ2v) is 4.32. The molecular weight excluding hydrogens is 240 g/mol. The summed E-state index contributed by atoms with van der Waals surface area (Å²) >= 11 is 4.74. The quantitative estimate of drug-likeness (QED) is 0.197. The summed E-state index contributed by atoms with van der Waals surface area (Å²) in [6, 6.07) is 0. The van der Waals surface area contributed by atoms with Crippen LogP contribution in [0.25, 0.3) is 0 Å². The van der Waals surface area contributed by atoms with Gasteiger partial charge in [0.15, 0.2) is 5.11 Å². The average Bonchev–Trinajstić information content (AvgIpc) is 2.10. The van der Waals surface area contributed by atoms with Crippen LogP contribution < -0.4 is 10.6 Å². The standard InChI is InChI=1S/C7H12N2O4S2/c1-2-4-13-6-9-7(14)8-3-5-15(10,11)12/h1H,3-6H2,(H2,8,9,14)(H,10,11,12)/p-1. The zero-order valence-corrected chi connectivity index (χ0v) is 9.49. The second kappa shape index (κ2) is 7.42. The van der Waals surface area contributed by atoms with Gasteiger partial charge in [0.25, 0.3) is 0 Å². The van der Waals surface area contributed by atoms with E-state index in [2.05, 4.69) is 16.6 Å². The number of ether oxygens (including phenoxy) is 1. The molecule has 0 radical (unpaired) electrons. The Bertz CT molecular complexity index is 333. The van der Waals surface area contributed by atoms with Crippen molar-refractivity contribution in [2.24, 2.45) is 0 Å². The summed E-state index contributed by atoms with van der Waals surface area (Å²) < 4.78 is 35.5. The van der Waals surface area contributed by atoms with Gasteiger partial charge < -0.3 is 19.9 Å². The van der Waals surface area contributed by atoms with E-state index < -0.39 is 15.9 Å². The van der Waals surface area contributed by atoms with Gasteiger partial charge in [-0.15, -0.1) is 6.42 Å². The Balaban J connectivity index is 3.47. The Morgan fingerprint density at radius 3 is 2.73 bits per heavy atom. The molecule has 0 atom stereocenters. The smallest absolute Gasteiger partial charge is 0.168 e.